The molecule has 0 aromatic carbocycles. The molecule has 0 aliphatic heterocycles. The Morgan fingerprint density at radius 3 is 3.16 bits per heavy atom. The number of aromatic nitrogens is 2. The van der Waals surface area contributed by atoms with E-state index in [0.717, 1.165) is 19.3 Å². The number of carbonyl (C=O) groups excluding carboxylic acids is 1. The van der Waals surface area contributed by atoms with Gasteiger partial charge in [-0.2, -0.15) is 4.98 Å². The van der Waals surface area contributed by atoms with Crippen LogP contribution in [0.3, 0.4) is 0 Å². The maximum Gasteiger partial charge on any atom is 0.227 e. The van der Waals surface area contributed by atoms with Gasteiger partial charge < -0.3 is 4.52 Å². The first-order valence-electron chi connectivity index (χ1n) is 6.68. The summed E-state index contributed by atoms with van der Waals surface area (Å²) in [7, 11) is 0. The zero-order valence-corrected chi connectivity index (χ0v) is 11.5. The smallest absolute Gasteiger partial charge is 0.227 e. The van der Waals surface area contributed by atoms with Gasteiger partial charge >= 0.3 is 0 Å². The number of Topliss-reactive ketones (excluding diaryl/α,β-unsaturated/α-hetero) is 1. The van der Waals surface area contributed by atoms with Crippen LogP contribution in [0.25, 0.3) is 0 Å². The van der Waals surface area contributed by atoms with Crippen molar-refractivity contribution in [1.29, 1.82) is 0 Å². The van der Waals surface area contributed by atoms with Crippen LogP contribution < -0.4 is 0 Å². The van der Waals surface area contributed by atoms with Gasteiger partial charge in [0.15, 0.2) is 5.82 Å². The van der Waals surface area contributed by atoms with Crippen molar-refractivity contribution >= 4 is 17.1 Å². The molecule has 2 heterocycles. The highest BCUT2D eigenvalue weighted by Crippen LogP contribution is 2.23. The molecule has 19 heavy (non-hydrogen) atoms. The summed E-state index contributed by atoms with van der Waals surface area (Å²) in [5.41, 5.74) is 0. The summed E-state index contributed by atoms with van der Waals surface area (Å²) >= 11 is 1.69. The largest absolute Gasteiger partial charge is 0.339 e. The van der Waals surface area contributed by atoms with Crippen LogP contribution in [0.2, 0.25) is 0 Å². The van der Waals surface area contributed by atoms with E-state index in [-0.39, 0.29) is 5.92 Å². The van der Waals surface area contributed by atoms with E-state index in [1.54, 1.807) is 11.3 Å². The number of nitrogens with zero attached hydrogens (tertiary/aromatic N) is 2. The first kappa shape index (κ1) is 12.5. The van der Waals surface area contributed by atoms with Gasteiger partial charge in [-0.15, -0.1) is 11.3 Å². The third-order valence-corrected chi connectivity index (χ3v) is 4.40. The van der Waals surface area contributed by atoms with Crippen molar-refractivity contribution in [1.82, 2.24) is 10.1 Å². The number of thiophene rings is 1. The maximum atomic E-state index is 11.8. The Hall–Kier alpha value is -1.49. The number of rotatable bonds is 4. The van der Waals surface area contributed by atoms with Gasteiger partial charge in [0.1, 0.15) is 5.78 Å². The molecule has 3 rings (SSSR count). The van der Waals surface area contributed by atoms with E-state index in [4.69, 9.17) is 4.52 Å². The molecule has 2 aromatic rings. The lowest BCUT2D eigenvalue weighted by Gasteiger charge is -2.18. The van der Waals surface area contributed by atoms with E-state index >= 15 is 0 Å². The van der Waals surface area contributed by atoms with Crippen molar-refractivity contribution in [3.63, 3.8) is 0 Å². The third kappa shape index (κ3) is 3.10. The van der Waals surface area contributed by atoms with E-state index in [9.17, 15) is 4.79 Å². The monoisotopic (exact) mass is 276 g/mol. The minimum Gasteiger partial charge on any atom is -0.339 e. The molecule has 0 spiro atoms. The average Bonchev–Trinajstić information content (AvgIpc) is 3.05. The lowest BCUT2D eigenvalue weighted by atomic mass is 9.86. The summed E-state index contributed by atoms with van der Waals surface area (Å²) in [4.78, 5) is 17.4. The lowest BCUT2D eigenvalue weighted by molar-refractivity contribution is -0.124. The van der Waals surface area contributed by atoms with Crippen LogP contribution in [0.4, 0.5) is 0 Å². The molecule has 1 atom stereocenters. The topological polar surface area (TPSA) is 56.0 Å². The van der Waals surface area contributed by atoms with Crippen LogP contribution in [0.15, 0.2) is 22.0 Å². The van der Waals surface area contributed by atoms with Crippen LogP contribution in [-0.2, 0) is 17.6 Å². The van der Waals surface area contributed by atoms with Crippen LogP contribution >= 0.6 is 11.3 Å². The summed E-state index contributed by atoms with van der Waals surface area (Å²) in [6, 6.07) is 4.08. The highest BCUT2D eigenvalue weighted by atomic mass is 32.1. The van der Waals surface area contributed by atoms with E-state index in [0.29, 0.717) is 36.8 Å². The second-order valence-electron chi connectivity index (χ2n) is 4.97. The standard InChI is InChI=1S/C14H16N2O2S/c17-12-6-2-1-4-10(12)8-14-15-13(16-18-14)9-11-5-3-7-19-11/h3,5,7,10H,1-2,4,6,8-9H2. The van der Waals surface area contributed by atoms with Crippen molar-refractivity contribution in [2.45, 2.75) is 38.5 Å². The molecule has 0 N–H and O–H groups in total. The Morgan fingerprint density at radius 2 is 2.37 bits per heavy atom. The minimum absolute atomic E-state index is 0.0868. The Kier molecular flexibility index (Phi) is 3.73. The molecule has 4 nitrogen and oxygen atoms in total. The van der Waals surface area contributed by atoms with E-state index in [1.807, 2.05) is 11.4 Å². The SMILES string of the molecule is O=C1CCCCC1Cc1nc(Cc2cccs2)no1. The molecule has 0 bridgehead atoms. The van der Waals surface area contributed by atoms with Gasteiger partial charge in [-0.05, 0) is 24.3 Å². The molecule has 2 aromatic heterocycles. The molecule has 1 unspecified atom stereocenters. The molecular weight excluding hydrogens is 260 g/mol. The first-order chi connectivity index (χ1) is 9.31. The second-order valence-corrected chi connectivity index (χ2v) is 6.01. The second kappa shape index (κ2) is 5.65. The Labute approximate surface area is 115 Å². The maximum absolute atomic E-state index is 11.8. The lowest BCUT2D eigenvalue weighted by Crippen LogP contribution is -2.21. The van der Waals surface area contributed by atoms with Crippen molar-refractivity contribution in [2.24, 2.45) is 5.92 Å². The molecule has 1 saturated carbocycles. The minimum atomic E-state index is 0.0868. The highest BCUT2D eigenvalue weighted by Gasteiger charge is 2.24. The van der Waals surface area contributed by atoms with Crippen molar-refractivity contribution in [2.75, 3.05) is 0 Å². The average molecular weight is 276 g/mol. The fourth-order valence-electron chi connectivity index (χ4n) is 2.50. The number of hydrogen-bond donors (Lipinski definition) is 0. The van der Waals surface area contributed by atoms with E-state index in [2.05, 4.69) is 16.2 Å². The van der Waals surface area contributed by atoms with Crippen molar-refractivity contribution < 1.29 is 9.32 Å². The van der Waals surface area contributed by atoms with Gasteiger partial charge in [-0.3, -0.25) is 4.79 Å². The molecule has 1 fully saturated rings. The van der Waals surface area contributed by atoms with Crippen molar-refractivity contribution in [3.8, 4) is 0 Å². The molecule has 0 amide bonds. The molecule has 0 radical (unpaired) electrons. The normalized spacial score (nSPS) is 19.8. The zero-order chi connectivity index (χ0) is 13.1. The van der Waals surface area contributed by atoms with E-state index in [1.165, 1.54) is 4.88 Å². The summed E-state index contributed by atoms with van der Waals surface area (Å²) in [5, 5.41) is 6.03. The molecule has 1 aliphatic rings. The highest BCUT2D eigenvalue weighted by molar-refractivity contribution is 7.09. The van der Waals surface area contributed by atoms with Gasteiger partial charge in [0, 0.05) is 30.1 Å². The fourth-order valence-corrected chi connectivity index (χ4v) is 3.20. The molecule has 100 valence electrons. The Balaban J connectivity index is 1.63. The summed E-state index contributed by atoms with van der Waals surface area (Å²) in [6.45, 7) is 0. The number of hydrogen-bond acceptors (Lipinski definition) is 5. The van der Waals surface area contributed by atoms with Crippen LogP contribution in [0.5, 0.6) is 0 Å². The van der Waals surface area contributed by atoms with Crippen LogP contribution in [0.1, 0.15) is 42.3 Å². The first-order valence-corrected chi connectivity index (χ1v) is 7.56. The molecule has 0 saturated heterocycles. The molecule has 5 heteroatoms. The predicted molar refractivity (Wildman–Crippen MR) is 72.1 cm³/mol. The molecular formula is C14H16N2O2S. The molecule has 1 aliphatic carbocycles. The van der Waals surface area contributed by atoms with Crippen molar-refractivity contribution in [3.05, 3.63) is 34.1 Å². The van der Waals surface area contributed by atoms with Gasteiger partial charge in [-0.1, -0.05) is 17.6 Å². The Morgan fingerprint density at radius 1 is 1.42 bits per heavy atom. The summed E-state index contributed by atoms with van der Waals surface area (Å²) in [5.74, 6) is 1.75. The zero-order valence-electron chi connectivity index (χ0n) is 10.7. The Bertz CT molecular complexity index is 548. The van der Waals surface area contributed by atoms with Gasteiger partial charge in [0.05, 0.1) is 0 Å². The van der Waals surface area contributed by atoms with Crippen LogP contribution in [0, 0.1) is 5.92 Å². The van der Waals surface area contributed by atoms with Gasteiger partial charge in [-0.25, -0.2) is 0 Å². The third-order valence-electron chi connectivity index (χ3n) is 3.52. The summed E-state index contributed by atoms with van der Waals surface area (Å²) in [6.07, 6.45) is 5.15. The van der Waals surface area contributed by atoms with Gasteiger partial charge in [0.25, 0.3) is 0 Å². The summed E-state index contributed by atoms with van der Waals surface area (Å²) < 4.78 is 5.26. The van der Waals surface area contributed by atoms with E-state index < -0.39 is 0 Å². The van der Waals surface area contributed by atoms with Gasteiger partial charge in [0.2, 0.25) is 5.89 Å². The number of carbonyl (C=O) groups is 1. The fraction of sp³-hybridized carbons (Fsp3) is 0.500. The number of ketones is 1. The van der Waals surface area contributed by atoms with Crippen LogP contribution in [-0.4, -0.2) is 15.9 Å². The predicted octanol–water partition coefficient (Wildman–Crippen LogP) is 3.02. The quantitative estimate of drug-likeness (QED) is 0.861.